The van der Waals surface area contributed by atoms with Crippen LogP contribution in [0.15, 0.2) is 58.7 Å². The van der Waals surface area contributed by atoms with Crippen LogP contribution >= 0.6 is 11.8 Å². The first kappa shape index (κ1) is 26.1. The third-order valence-corrected chi connectivity index (χ3v) is 5.92. The van der Waals surface area contributed by atoms with E-state index in [4.69, 9.17) is 16.2 Å². The number of ether oxygens (including phenoxy) is 1. The van der Waals surface area contributed by atoms with E-state index in [1.807, 2.05) is 44.2 Å². The minimum atomic E-state index is -1.06. The summed E-state index contributed by atoms with van der Waals surface area (Å²) in [5.41, 5.74) is 14.2. The van der Waals surface area contributed by atoms with Gasteiger partial charge in [0.15, 0.2) is 0 Å². The number of hydrazone groups is 2. The van der Waals surface area contributed by atoms with E-state index >= 15 is 0 Å². The Morgan fingerprint density at radius 3 is 2.55 bits per heavy atom. The van der Waals surface area contributed by atoms with Gasteiger partial charge < -0.3 is 21.6 Å². The zero-order valence-corrected chi connectivity index (χ0v) is 19.5. The Kier molecular flexibility index (Phi) is 9.61. The molecule has 1 unspecified atom stereocenters. The summed E-state index contributed by atoms with van der Waals surface area (Å²) >= 11 is 1.15. The molecular weight excluding hydrogens is 450 g/mol. The Morgan fingerprint density at radius 1 is 1.21 bits per heavy atom. The standard InChI is InChI=1S/C20H22F2N6O2S.C2H6/c1-30-12-17(29)28-20(9-10-25-26-19(23)24,13-5-3-2-4-6-13)31-18(27-28)15-11-14(21)7-8-16(15)22;1-2/h2-8,11,25H,9-10,12H2,1H3,(H4,23,24,26);1-2H3. The first-order valence-corrected chi connectivity index (χ1v) is 11.1. The van der Waals surface area contributed by atoms with E-state index in [0.717, 1.165) is 35.5 Å². The van der Waals surface area contributed by atoms with Crippen molar-refractivity contribution in [2.45, 2.75) is 25.1 Å². The summed E-state index contributed by atoms with van der Waals surface area (Å²) in [6.45, 7) is 4.03. The molecule has 0 aliphatic carbocycles. The number of guanidine groups is 1. The fourth-order valence-corrected chi connectivity index (χ4v) is 4.56. The van der Waals surface area contributed by atoms with Crippen molar-refractivity contribution in [3.05, 3.63) is 71.3 Å². The molecule has 0 spiro atoms. The maximum atomic E-state index is 14.5. The molecule has 0 bridgehead atoms. The predicted octanol–water partition coefficient (Wildman–Crippen LogP) is 2.90. The van der Waals surface area contributed by atoms with Gasteiger partial charge in [-0.05, 0) is 23.8 Å². The van der Waals surface area contributed by atoms with Crippen LogP contribution in [0.2, 0.25) is 0 Å². The van der Waals surface area contributed by atoms with Crippen LogP contribution in [-0.4, -0.2) is 42.2 Å². The molecular formula is C22H28F2N6O2S. The molecule has 1 atom stereocenters. The van der Waals surface area contributed by atoms with Crippen molar-refractivity contribution >= 4 is 28.7 Å². The van der Waals surface area contributed by atoms with Crippen molar-refractivity contribution in [3.63, 3.8) is 0 Å². The number of rotatable bonds is 8. The molecule has 0 fully saturated rings. The third kappa shape index (κ3) is 6.20. The Hall–Kier alpha value is -3.18. The lowest BCUT2D eigenvalue weighted by atomic mass is 10.0. The lowest BCUT2D eigenvalue weighted by Gasteiger charge is -2.35. The second-order valence-electron chi connectivity index (χ2n) is 6.62. The van der Waals surface area contributed by atoms with Gasteiger partial charge in [-0.3, -0.25) is 4.79 Å². The van der Waals surface area contributed by atoms with Gasteiger partial charge in [0.05, 0.1) is 0 Å². The molecule has 8 nitrogen and oxygen atoms in total. The number of nitrogens with zero attached hydrogens (tertiary/aromatic N) is 3. The summed E-state index contributed by atoms with van der Waals surface area (Å²) in [5.74, 6) is -1.83. The number of thioether (sulfide) groups is 1. The first-order chi connectivity index (χ1) is 15.9. The minimum absolute atomic E-state index is 0.0322. The fourth-order valence-electron chi connectivity index (χ4n) is 3.16. The molecule has 5 N–H and O–H groups in total. The zero-order chi connectivity index (χ0) is 24.4. The topological polar surface area (TPSA) is 118 Å². The third-order valence-electron chi connectivity index (χ3n) is 4.47. The van der Waals surface area contributed by atoms with Crippen molar-refractivity contribution in [1.82, 2.24) is 10.4 Å². The van der Waals surface area contributed by atoms with Gasteiger partial charge in [0.25, 0.3) is 5.91 Å². The number of hydrogen-bond donors (Lipinski definition) is 3. The summed E-state index contributed by atoms with van der Waals surface area (Å²) in [6, 6.07) is 12.3. The van der Waals surface area contributed by atoms with Crippen molar-refractivity contribution < 1.29 is 18.3 Å². The molecule has 1 heterocycles. The highest BCUT2D eigenvalue weighted by atomic mass is 32.2. The maximum absolute atomic E-state index is 14.5. The highest BCUT2D eigenvalue weighted by molar-refractivity contribution is 8.15. The maximum Gasteiger partial charge on any atom is 0.270 e. The van der Waals surface area contributed by atoms with E-state index in [2.05, 4.69) is 15.6 Å². The van der Waals surface area contributed by atoms with E-state index in [1.165, 1.54) is 12.1 Å². The summed E-state index contributed by atoms with van der Waals surface area (Å²) in [6.07, 6.45) is 0.303. The summed E-state index contributed by atoms with van der Waals surface area (Å²) in [4.78, 5) is 11.9. The second-order valence-corrected chi connectivity index (χ2v) is 7.88. The van der Waals surface area contributed by atoms with Crippen molar-refractivity contribution in [1.29, 1.82) is 0 Å². The molecule has 0 saturated carbocycles. The second kappa shape index (κ2) is 12.2. The van der Waals surface area contributed by atoms with Crippen LogP contribution in [0, 0.1) is 11.6 Å². The van der Waals surface area contributed by atoms with E-state index in [1.54, 1.807) is 0 Å². The summed E-state index contributed by atoms with van der Waals surface area (Å²) < 4.78 is 33.3. The molecule has 2 aromatic carbocycles. The highest BCUT2D eigenvalue weighted by Crippen LogP contribution is 2.49. The number of benzene rings is 2. The van der Waals surface area contributed by atoms with Crippen molar-refractivity contribution in [2.24, 2.45) is 21.7 Å². The summed E-state index contributed by atoms with van der Waals surface area (Å²) in [7, 11) is 1.39. The van der Waals surface area contributed by atoms with E-state index in [0.29, 0.717) is 6.42 Å². The average molecular weight is 479 g/mol. The number of halogens is 2. The minimum Gasteiger partial charge on any atom is -0.375 e. The van der Waals surface area contributed by atoms with Gasteiger partial charge in [0, 0.05) is 25.6 Å². The van der Waals surface area contributed by atoms with Gasteiger partial charge >= 0.3 is 0 Å². The Labute approximate surface area is 196 Å². The van der Waals surface area contributed by atoms with E-state index < -0.39 is 22.4 Å². The van der Waals surface area contributed by atoms with Crippen LogP contribution in [0.5, 0.6) is 0 Å². The molecule has 3 rings (SSSR count). The highest BCUT2D eigenvalue weighted by Gasteiger charge is 2.48. The number of nitrogens with two attached hydrogens (primary N) is 2. The van der Waals surface area contributed by atoms with Gasteiger partial charge in [-0.2, -0.15) is 5.10 Å². The molecule has 1 aliphatic heterocycles. The molecule has 0 saturated heterocycles. The largest absolute Gasteiger partial charge is 0.375 e. The number of nitrogens with one attached hydrogen (secondary N) is 1. The van der Waals surface area contributed by atoms with Crippen molar-refractivity contribution in [3.8, 4) is 0 Å². The Bertz CT molecular complexity index is 1000. The van der Waals surface area contributed by atoms with Crippen molar-refractivity contribution in [2.75, 3.05) is 20.3 Å². The van der Waals surface area contributed by atoms with Gasteiger partial charge in [-0.15, -0.1) is 5.10 Å². The van der Waals surface area contributed by atoms with Crippen LogP contribution in [0.25, 0.3) is 0 Å². The average Bonchev–Trinajstić information content (AvgIpc) is 3.21. The Balaban J connectivity index is 0.00000187. The van der Waals surface area contributed by atoms with Gasteiger partial charge in [0.2, 0.25) is 5.96 Å². The first-order valence-electron chi connectivity index (χ1n) is 10.3. The SMILES string of the molecule is CC.COCC(=O)N1N=C(c2cc(F)ccc2F)SC1(CCNN=C(N)N)c1ccccc1. The quantitative estimate of drug-likeness (QED) is 0.232. The van der Waals surface area contributed by atoms with Crippen LogP contribution in [0.4, 0.5) is 8.78 Å². The van der Waals surface area contributed by atoms with Crippen LogP contribution in [0.3, 0.4) is 0 Å². The normalized spacial score (nSPS) is 17.0. The predicted molar refractivity (Wildman–Crippen MR) is 127 cm³/mol. The molecule has 2 aromatic rings. The molecule has 1 aliphatic rings. The van der Waals surface area contributed by atoms with Crippen LogP contribution < -0.4 is 16.9 Å². The Morgan fingerprint density at radius 2 is 1.91 bits per heavy atom. The van der Waals surface area contributed by atoms with Gasteiger partial charge in [0.1, 0.15) is 28.2 Å². The lowest BCUT2D eigenvalue weighted by molar-refractivity contribution is -0.138. The van der Waals surface area contributed by atoms with E-state index in [-0.39, 0.29) is 29.7 Å². The van der Waals surface area contributed by atoms with Crippen LogP contribution in [-0.2, 0) is 14.4 Å². The number of methoxy groups -OCH3 is 1. The number of carbonyl (C=O) groups is 1. The monoisotopic (exact) mass is 478 g/mol. The van der Waals surface area contributed by atoms with Gasteiger partial charge in [-0.1, -0.05) is 55.9 Å². The molecule has 0 radical (unpaired) electrons. The lowest BCUT2D eigenvalue weighted by Crippen LogP contribution is -2.44. The zero-order valence-electron chi connectivity index (χ0n) is 18.7. The molecule has 0 aromatic heterocycles. The van der Waals surface area contributed by atoms with Gasteiger partial charge in [-0.25, -0.2) is 13.8 Å². The number of hydrogen-bond acceptors (Lipinski definition) is 6. The van der Waals surface area contributed by atoms with Crippen LogP contribution in [0.1, 0.15) is 31.4 Å². The molecule has 1 amide bonds. The molecule has 33 heavy (non-hydrogen) atoms. The fraction of sp³-hybridized carbons (Fsp3) is 0.318. The number of carbonyl (C=O) groups excluding carboxylic acids is 1. The molecule has 178 valence electrons. The van der Waals surface area contributed by atoms with E-state index in [9.17, 15) is 13.6 Å². The number of amides is 1. The molecule has 11 heteroatoms. The smallest absolute Gasteiger partial charge is 0.270 e. The summed E-state index contributed by atoms with van der Waals surface area (Å²) in [5, 5.41) is 9.57.